The number of nitrogens with zero attached hydrogens (tertiary/aromatic N) is 3. The maximum absolute atomic E-state index is 14.1. The van der Waals surface area contributed by atoms with E-state index in [1.165, 1.54) is 19.2 Å². The highest BCUT2D eigenvalue weighted by Crippen LogP contribution is 2.50. The summed E-state index contributed by atoms with van der Waals surface area (Å²) in [6.45, 7) is 0.470. The number of H-pyrrole nitrogens is 1. The number of nitrogens with two attached hydrogens (primary N) is 1. The number of methoxy groups -OCH3 is 1. The van der Waals surface area contributed by atoms with Gasteiger partial charge in [0.1, 0.15) is 5.69 Å². The molecule has 1 spiro atoms. The summed E-state index contributed by atoms with van der Waals surface area (Å²) in [4.78, 5) is 30.1. The highest BCUT2D eigenvalue weighted by atomic mass is 19.1. The molecule has 4 rings (SSSR count). The maximum Gasteiger partial charge on any atom is 0.272 e. The number of amides is 2. The molecule has 1 aliphatic carbocycles. The summed E-state index contributed by atoms with van der Waals surface area (Å²) in [5.41, 5.74) is 5.94. The number of carbonyl (C=O) groups is 2. The van der Waals surface area contributed by atoms with Gasteiger partial charge in [-0.25, -0.2) is 9.37 Å². The van der Waals surface area contributed by atoms with E-state index in [0.29, 0.717) is 25.1 Å². The van der Waals surface area contributed by atoms with Gasteiger partial charge in [-0.05, 0) is 31.7 Å². The fraction of sp³-hybridized carbons (Fsp3) is 0.444. The van der Waals surface area contributed by atoms with E-state index in [4.69, 9.17) is 10.5 Å². The molecular formula is C18H20FN5O3. The molecule has 0 bridgehead atoms. The first kappa shape index (κ1) is 17.4. The van der Waals surface area contributed by atoms with Gasteiger partial charge in [-0.2, -0.15) is 5.10 Å². The van der Waals surface area contributed by atoms with Gasteiger partial charge in [0.05, 0.1) is 19.0 Å². The second kappa shape index (κ2) is 6.33. The molecule has 1 saturated heterocycles. The summed E-state index contributed by atoms with van der Waals surface area (Å²) in [6, 6.07) is 2.96. The molecule has 2 aromatic heterocycles. The van der Waals surface area contributed by atoms with E-state index in [0.717, 1.165) is 19.0 Å². The van der Waals surface area contributed by atoms with Gasteiger partial charge in [0.25, 0.3) is 5.91 Å². The lowest BCUT2D eigenvalue weighted by Gasteiger charge is -2.39. The second-order valence-electron chi connectivity index (χ2n) is 7.15. The van der Waals surface area contributed by atoms with Crippen LogP contribution in [0.4, 0.5) is 4.39 Å². The van der Waals surface area contributed by atoms with E-state index in [2.05, 4.69) is 15.2 Å². The van der Waals surface area contributed by atoms with Crippen molar-refractivity contribution in [1.82, 2.24) is 20.1 Å². The number of halogens is 1. The van der Waals surface area contributed by atoms with Gasteiger partial charge >= 0.3 is 0 Å². The molecule has 2 amide bonds. The number of carbonyl (C=O) groups excluding carboxylic acids is 2. The van der Waals surface area contributed by atoms with Crippen LogP contribution < -0.4 is 10.5 Å². The number of hydrogen-bond donors (Lipinski definition) is 2. The van der Waals surface area contributed by atoms with Crippen molar-refractivity contribution < 1.29 is 18.7 Å². The number of aromatic nitrogens is 3. The SMILES string of the molecule is COc1cc(-c2cc(C(=O)N3CC[C@H](C(N)=O)CC34CC4)[nH]n2)c(F)cn1. The van der Waals surface area contributed by atoms with E-state index >= 15 is 0 Å². The van der Waals surface area contributed by atoms with Crippen LogP contribution in [-0.4, -0.2) is 51.1 Å². The number of aromatic amines is 1. The van der Waals surface area contributed by atoms with E-state index in [1.807, 2.05) is 0 Å². The van der Waals surface area contributed by atoms with E-state index in [-0.39, 0.29) is 40.4 Å². The van der Waals surface area contributed by atoms with Gasteiger partial charge < -0.3 is 15.4 Å². The van der Waals surface area contributed by atoms with Crippen LogP contribution in [0, 0.1) is 11.7 Å². The highest BCUT2D eigenvalue weighted by molar-refractivity contribution is 5.94. The molecule has 3 heterocycles. The Labute approximate surface area is 154 Å². The van der Waals surface area contributed by atoms with Crippen LogP contribution in [-0.2, 0) is 4.79 Å². The Hall–Kier alpha value is -2.97. The van der Waals surface area contributed by atoms with Crippen molar-refractivity contribution in [3.8, 4) is 17.1 Å². The van der Waals surface area contributed by atoms with Crippen LogP contribution in [0.2, 0.25) is 0 Å². The third-order valence-corrected chi connectivity index (χ3v) is 5.50. The van der Waals surface area contributed by atoms with Crippen molar-refractivity contribution in [3.63, 3.8) is 0 Å². The van der Waals surface area contributed by atoms with Crippen molar-refractivity contribution in [1.29, 1.82) is 0 Å². The first-order valence-corrected chi connectivity index (χ1v) is 8.80. The fourth-order valence-corrected chi connectivity index (χ4v) is 3.81. The summed E-state index contributed by atoms with van der Waals surface area (Å²) >= 11 is 0. The number of rotatable bonds is 4. The Kier molecular flexibility index (Phi) is 4.09. The first-order chi connectivity index (χ1) is 12.9. The summed E-state index contributed by atoms with van der Waals surface area (Å²) in [6.07, 6.45) is 3.93. The molecule has 142 valence electrons. The van der Waals surface area contributed by atoms with E-state index in [9.17, 15) is 14.0 Å². The lowest BCUT2D eigenvalue weighted by atomic mass is 9.88. The lowest BCUT2D eigenvalue weighted by molar-refractivity contribution is -0.123. The summed E-state index contributed by atoms with van der Waals surface area (Å²) in [5.74, 6) is -0.989. The molecule has 2 aliphatic rings. The largest absolute Gasteiger partial charge is 0.481 e. The van der Waals surface area contributed by atoms with Crippen molar-refractivity contribution in [2.75, 3.05) is 13.7 Å². The number of ether oxygens (including phenoxy) is 1. The molecule has 2 aromatic rings. The van der Waals surface area contributed by atoms with Gasteiger partial charge in [-0.1, -0.05) is 0 Å². The molecule has 8 nitrogen and oxygen atoms in total. The Bertz CT molecular complexity index is 908. The number of nitrogens with one attached hydrogen (secondary N) is 1. The minimum atomic E-state index is -0.553. The third kappa shape index (κ3) is 3.02. The molecule has 2 fully saturated rings. The molecule has 27 heavy (non-hydrogen) atoms. The zero-order valence-corrected chi connectivity index (χ0v) is 14.9. The highest BCUT2D eigenvalue weighted by Gasteiger charge is 2.54. The smallest absolute Gasteiger partial charge is 0.272 e. The van der Waals surface area contributed by atoms with Gasteiger partial charge in [-0.15, -0.1) is 0 Å². The van der Waals surface area contributed by atoms with Crippen molar-refractivity contribution >= 4 is 11.8 Å². The first-order valence-electron chi connectivity index (χ1n) is 8.80. The quantitative estimate of drug-likeness (QED) is 0.843. The van der Waals surface area contributed by atoms with E-state index < -0.39 is 5.82 Å². The third-order valence-electron chi connectivity index (χ3n) is 5.50. The average Bonchev–Trinajstić information content (AvgIpc) is 3.24. The zero-order valence-electron chi connectivity index (χ0n) is 14.9. The summed E-state index contributed by atoms with van der Waals surface area (Å²) in [5, 5.41) is 6.78. The number of hydrogen-bond acceptors (Lipinski definition) is 5. The Morgan fingerprint density at radius 1 is 1.41 bits per heavy atom. The van der Waals surface area contributed by atoms with Crippen LogP contribution in [0.3, 0.4) is 0 Å². The standard InChI is InChI=1S/C18H20FN5O3/c1-27-15-6-11(12(19)9-21-15)13-7-14(23-22-13)17(26)24-5-2-10(16(20)25)8-18(24)3-4-18/h6-7,9-10H,2-5,8H2,1H3,(H2,20,25)(H,22,23)/t10-/m0/s1. The number of likely N-dealkylation sites (tertiary alicyclic amines) is 1. The van der Waals surface area contributed by atoms with Gasteiger partial charge in [0.2, 0.25) is 11.8 Å². The predicted octanol–water partition coefficient (Wildman–Crippen LogP) is 1.49. The molecule has 1 aliphatic heterocycles. The van der Waals surface area contributed by atoms with Crippen molar-refractivity contribution in [3.05, 3.63) is 29.8 Å². The summed E-state index contributed by atoms with van der Waals surface area (Å²) < 4.78 is 19.1. The number of pyridine rings is 1. The van der Waals surface area contributed by atoms with Crippen molar-refractivity contribution in [2.24, 2.45) is 11.7 Å². The minimum absolute atomic E-state index is 0.188. The van der Waals surface area contributed by atoms with Crippen LogP contribution in [0.5, 0.6) is 5.88 Å². The molecule has 0 aromatic carbocycles. The van der Waals surface area contributed by atoms with Gasteiger partial charge in [0, 0.05) is 29.6 Å². The molecule has 0 unspecified atom stereocenters. The van der Waals surface area contributed by atoms with Gasteiger partial charge in [0.15, 0.2) is 5.82 Å². The number of piperidine rings is 1. The summed E-state index contributed by atoms with van der Waals surface area (Å²) in [7, 11) is 1.44. The minimum Gasteiger partial charge on any atom is -0.481 e. The topological polar surface area (TPSA) is 114 Å². The lowest BCUT2D eigenvalue weighted by Crippen LogP contribution is -2.50. The van der Waals surface area contributed by atoms with Crippen LogP contribution in [0.1, 0.15) is 36.2 Å². The molecule has 0 radical (unpaired) electrons. The predicted molar refractivity (Wildman–Crippen MR) is 93.2 cm³/mol. The van der Waals surface area contributed by atoms with E-state index in [1.54, 1.807) is 4.90 Å². The van der Waals surface area contributed by atoms with Crippen LogP contribution in [0.15, 0.2) is 18.3 Å². The second-order valence-corrected chi connectivity index (χ2v) is 7.15. The molecule has 1 atom stereocenters. The average molecular weight is 373 g/mol. The monoisotopic (exact) mass is 373 g/mol. The Morgan fingerprint density at radius 2 is 2.19 bits per heavy atom. The number of primary amides is 1. The molecular weight excluding hydrogens is 353 g/mol. The van der Waals surface area contributed by atoms with Gasteiger partial charge in [-0.3, -0.25) is 14.7 Å². The van der Waals surface area contributed by atoms with Crippen LogP contribution in [0.25, 0.3) is 11.3 Å². The van der Waals surface area contributed by atoms with Crippen molar-refractivity contribution in [2.45, 2.75) is 31.2 Å². The Balaban J connectivity index is 1.57. The normalized spacial score (nSPS) is 20.5. The van der Waals surface area contributed by atoms with Crippen LogP contribution >= 0.6 is 0 Å². The molecule has 1 saturated carbocycles. The zero-order chi connectivity index (χ0) is 19.2. The fourth-order valence-electron chi connectivity index (χ4n) is 3.81. The molecule has 9 heteroatoms. The molecule has 3 N–H and O–H groups in total. The Morgan fingerprint density at radius 3 is 2.85 bits per heavy atom. The maximum atomic E-state index is 14.1.